The normalized spacial score (nSPS) is 11.0. The van der Waals surface area contributed by atoms with E-state index in [9.17, 15) is 19.2 Å². The Morgan fingerprint density at radius 3 is 1.26 bits per heavy atom. The molecule has 4 radical (unpaired) electrons. The molecular weight excluding hydrogens is 2530 g/mol. The monoisotopic (exact) mass is 2650 g/mol. The van der Waals surface area contributed by atoms with Gasteiger partial charge >= 0.3 is 0 Å². The Hall–Kier alpha value is -14.2. The van der Waals surface area contributed by atoms with Crippen LogP contribution in [0.2, 0.25) is 0 Å². The minimum atomic E-state index is -0.148. The molecule has 0 aliphatic rings. The van der Waals surface area contributed by atoms with E-state index < -0.39 is 0 Å². The first-order chi connectivity index (χ1) is 69.1. The van der Waals surface area contributed by atoms with Crippen LogP contribution in [0.5, 0.6) is 0 Å². The van der Waals surface area contributed by atoms with Crippen molar-refractivity contribution in [1.29, 1.82) is 0 Å². The molecular formula is C131H117Ir4N9O4-8. The number of nitrogens with zero attached hydrogens (tertiary/aromatic N) is 9. The van der Waals surface area contributed by atoms with Gasteiger partial charge in [-0.25, -0.2) is 0 Å². The van der Waals surface area contributed by atoms with Gasteiger partial charge in [0.05, 0.1) is 11.2 Å². The van der Waals surface area contributed by atoms with Crippen LogP contribution in [0, 0.1) is 62.9 Å². The van der Waals surface area contributed by atoms with Crippen LogP contribution in [0.3, 0.4) is 0 Å². The molecule has 22 aromatic rings. The average molecular weight is 2650 g/mol. The summed E-state index contributed by atoms with van der Waals surface area (Å²) in [4.78, 5) is 71.2. The second-order valence-electron chi connectivity index (χ2n) is 40.4. The van der Waals surface area contributed by atoms with Crippen molar-refractivity contribution in [2.45, 2.75) is 145 Å². The van der Waals surface area contributed by atoms with Crippen molar-refractivity contribution in [1.82, 2.24) is 42.5 Å². The van der Waals surface area contributed by atoms with Crippen LogP contribution in [0.15, 0.2) is 420 Å². The molecule has 0 saturated heterocycles. The molecule has 22 rings (SSSR count). The molecule has 0 unspecified atom stereocenters. The van der Waals surface area contributed by atoms with Crippen molar-refractivity contribution in [3.05, 3.63) is 530 Å². The second-order valence-corrected chi connectivity index (χ2v) is 40.4. The molecule has 12 heterocycles. The van der Waals surface area contributed by atoms with Gasteiger partial charge in [0.15, 0.2) is 22.2 Å². The molecule has 0 aliphatic heterocycles. The van der Waals surface area contributed by atoms with Crippen LogP contribution in [-0.2, 0) is 107 Å². The van der Waals surface area contributed by atoms with Gasteiger partial charge in [-0.3, -0.25) is 9.97 Å². The predicted octanol–water partition coefficient (Wildman–Crippen LogP) is 29.5. The zero-order valence-corrected chi connectivity index (χ0v) is 95.7. The van der Waals surface area contributed by atoms with Gasteiger partial charge < -0.3 is 51.7 Å². The largest absolute Gasteiger partial charge is 0.405 e. The first-order valence-corrected chi connectivity index (χ1v) is 48.3. The summed E-state index contributed by atoms with van der Waals surface area (Å²) >= 11 is 0. The van der Waals surface area contributed by atoms with E-state index in [0.717, 1.165) is 117 Å². The molecule has 0 fully saturated rings. The van der Waals surface area contributed by atoms with E-state index in [-0.39, 0.29) is 130 Å². The smallest absolute Gasteiger partial charge is 0.173 e. The molecule has 0 atom stereocenters. The summed E-state index contributed by atoms with van der Waals surface area (Å²) < 4.78 is 6.24. The van der Waals surface area contributed by atoms with E-state index >= 15 is 0 Å². The van der Waals surface area contributed by atoms with E-state index in [1.165, 1.54) is 58.7 Å². The van der Waals surface area contributed by atoms with E-state index in [4.69, 9.17) is 0 Å². The molecule has 10 aromatic carbocycles. The summed E-state index contributed by atoms with van der Waals surface area (Å²) in [6.07, 6.45) is 17.6. The van der Waals surface area contributed by atoms with Gasteiger partial charge in [-0.05, 0) is 156 Å². The number of aromatic nitrogens is 9. The van der Waals surface area contributed by atoms with Gasteiger partial charge in [-0.15, -0.1) is 192 Å². The van der Waals surface area contributed by atoms with Crippen molar-refractivity contribution < 1.29 is 80.4 Å². The number of rotatable bonds is 7. The maximum absolute atomic E-state index is 12.3. The summed E-state index contributed by atoms with van der Waals surface area (Å²) in [7, 11) is 0. The standard InChI is InChI=1S/C18H14N.C17H16NO.C17H22NO.2C17H12N.C16H15N2O.C16H12N.C13H14NO.4Ir/c1-14-13-19-18(16-10-6-3-7-11-16)12-17(14)15-8-4-2-5-9-15;1-17(2,3)13-10-15-14-7-5-4-6-12(14)8-9-18(15)16(19)11-13;1-16(2,3)12-10-14-13(17(4,5)6)8-7-9-18(14)15(19)11-12;1-3-7-14(8-4-1)16-11-12-18-17(13-16)15-9-5-2-6-10-15;1-3-7-14(8-4-1)16-11-12-17(18-13-16)15-9-5-2-6-10-15;1-16(2,3)13-10-14(19)18-9-8-11-6-4-5-7-12(11)15(18)17-13;1-12-6-5-9-16-14(12)10-11-15(17-16)13-7-3-2-4-8-13;1-13(2,3)10-8-11-6-4-5-7-14(11)12(15)9-10;;;;/h2-10,12-13H,1H3;4-8,10-11H,1-3H3;7-8,10-11H,1-6H3;2*1-9,11-13H;4-8,10H,1-3H3;2-7,9-11H,1H3;4-6,8-9H,1-3H3;;;;/q8*-1;;;;. The van der Waals surface area contributed by atoms with Crippen molar-refractivity contribution in [2.24, 2.45) is 0 Å². The fourth-order valence-electron chi connectivity index (χ4n) is 16.3. The first-order valence-electron chi connectivity index (χ1n) is 48.3. The van der Waals surface area contributed by atoms with Crippen LogP contribution in [0.4, 0.5) is 0 Å². The van der Waals surface area contributed by atoms with Crippen LogP contribution < -0.4 is 22.2 Å². The van der Waals surface area contributed by atoms with E-state index in [2.05, 4.69) is 301 Å². The van der Waals surface area contributed by atoms with Crippen molar-refractivity contribution >= 4 is 54.6 Å². The number of fused-ring (bicyclic) bond motifs is 9. The molecule has 17 heteroatoms. The summed E-state index contributed by atoms with van der Waals surface area (Å²) in [5.74, 6) is 0. The number of aryl methyl sites for hydroxylation is 2. The third kappa shape index (κ3) is 29.4. The Labute approximate surface area is 923 Å². The topological polar surface area (TPSA) is 150 Å². The molecule has 148 heavy (non-hydrogen) atoms. The van der Waals surface area contributed by atoms with E-state index in [1.807, 2.05) is 261 Å². The Morgan fingerprint density at radius 2 is 0.723 bits per heavy atom. The molecule has 0 spiro atoms. The number of benzene rings is 10. The van der Waals surface area contributed by atoms with Gasteiger partial charge in [0.2, 0.25) is 0 Å². The Morgan fingerprint density at radius 1 is 0.270 bits per heavy atom. The molecule has 0 amide bonds. The van der Waals surface area contributed by atoms with Crippen LogP contribution in [0.25, 0.3) is 133 Å². The van der Waals surface area contributed by atoms with Crippen molar-refractivity contribution in [2.75, 3.05) is 0 Å². The zero-order valence-electron chi connectivity index (χ0n) is 86.1. The number of pyridine rings is 11. The molecule has 0 saturated carbocycles. The molecule has 0 N–H and O–H groups in total. The van der Waals surface area contributed by atoms with Crippen LogP contribution >= 0.6 is 0 Å². The zero-order chi connectivity index (χ0) is 102. The van der Waals surface area contributed by atoms with Crippen molar-refractivity contribution in [3.63, 3.8) is 0 Å². The quantitative estimate of drug-likeness (QED) is 0.112. The maximum atomic E-state index is 12.3. The SMILES string of the molecule is CC(C)(C)c1cc(=O)n2[c-]cc3ccccc3c2c1.CC(C)(C)c1cc(=O)n2[c-]cc3ccccc3c2n1.CC(C)(C)c1cc(=O)n2[c-]ccc(C(C)(C)C)c2c1.CC(C)(C)c1cc(=O)n2[c-]cccc2c1.Cc1cccc2nc(-c3[c-]cccc3)ccc12.Cc1cnc(-c2[c-]cccc2)cc1-c1ccccc1.[Ir].[Ir].[Ir].[Ir].[c-]1ccccc1-c1cc(-c2ccccc2)ccn1.[c-]1ccccc1-c1ccc(-c2ccccc2)cn1. The van der Waals surface area contributed by atoms with Gasteiger partial charge in [-0.2, -0.15) is 0 Å². The molecule has 12 aromatic heterocycles. The number of hydrogen-bond donors (Lipinski definition) is 0. The molecule has 0 bridgehead atoms. The van der Waals surface area contributed by atoms with Gasteiger partial charge in [0.25, 0.3) is 0 Å². The summed E-state index contributed by atoms with van der Waals surface area (Å²) in [5, 5.41) is 5.43. The summed E-state index contributed by atoms with van der Waals surface area (Å²) in [6.45, 7) is 35.9. The molecule has 13 nitrogen and oxygen atoms in total. The Bertz CT molecular complexity index is 8180. The minimum absolute atomic E-state index is 0. The average Bonchev–Trinajstić information content (AvgIpc) is 0.773. The summed E-state index contributed by atoms with van der Waals surface area (Å²) in [6, 6.07) is 138. The van der Waals surface area contributed by atoms with Crippen LogP contribution in [0.1, 0.15) is 143 Å². The van der Waals surface area contributed by atoms with Gasteiger partial charge in [0, 0.05) is 116 Å². The fraction of sp³-hybridized carbons (Fsp3) is 0.168. The fourth-order valence-corrected chi connectivity index (χ4v) is 16.3. The predicted molar refractivity (Wildman–Crippen MR) is 594 cm³/mol. The van der Waals surface area contributed by atoms with Gasteiger partial charge in [0.1, 0.15) is 0 Å². The number of hydrogen-bond acceptors (Lipinski definition) is 9. The van der Waals surface area contributed by atoms with Crippen LogP contribution in [-0.4, -0.2) is 42.5 Å². The minimum Gasteiger partial charge on any atom is -0.405 e. The Kier molecular flexibility index (Phi) is 39.7. The summed E-state index contributed by atoms with van der Waals surface area (Å²) in [5.41, 5.74) is 26.9. The molecule has 754 valence electrons. The Balaban J connectivity index is 0.000000160. The van der Waals surface area contributed by atoms with Gasteiger partial charge in [-0.1, -0.05) is 373 Å². The third-order valence-corrected chi connectivity index (χ3v) is 24.5. The molecule has 0 aliphatic carbocycles. The first kappa shape index (κ1) is 114. The van der Waals surface area contributed by atoms with Crippen molar-refractivity contribution in [3.8, 4) is 78.4 Å². The second kappa shape index (κ2) is 51.4. The third-order valence-electron chi connectivity index (χ3n) is 24.5. The van der Waals surface area contributed by atoms with E-state index in [1.54, 1.807) is 39.1 Å². The van der Waals surface area contributed by atoms with E-state index in [0.29, 0.717) is 5.65 Å². The maximum Gasteiger partial charge on any atom is 0.173 e.